The molecule has 1 unspecified atom stereocenters. The van der Waals surface area contributed by atoms with Gasteiger partial charge in [0, 0.05) is 35.2 Å². The van der Waals surface area contributed by atoms with E-state index in [1.807, 2.05) is 11.8 Å². The fourth-order valence-electron chi connectivity index (χ4n) is 3.31. The number of carbonyl (C=O) groups is 1. The highest BCUT2D eigenvalue weighted by atomic mass is 35.5. The van der Waals surface area contributed by atoms with Crippen molar-refractivity contribution in [3.8, 4) is 0 Å². The summed E-state index contributed by atoms with van der Waals surface area (Å²) in [5, 5.41) is 3.31. The Kier molecular flexibility index (Phi) is 5.76. The molecule has 3 nitrogen and oxygen atoms in total. The summed E-state index contributed by atoms with van der Waals surface area (Å²) >= 11 is 3.97. The van der Waals surface area contributed by atoms with Crippen LogP contribution >= 0.6 is 35.9 Å². The first kappa shape index (κ1) is 15.8. The Morgan fingerprint density at radius 2 is 2.05 bits per heavy atom. The molecule has 110 valence electrons. The highest BCUT2D eigenvalue weighted by Crippen LogP contribution is 2.42. The smallest absolute Gasteiger partial charge is 0.240 e. The zero-order valence-corrected chi connectivity index (χ0v) is 13.7. The van der Waals surface area contributed by atoms with Crippen LogP contribution in [0.1, 0.15) is 32.1 Å². The van der Waals surface area contributed by atoms with Gasteiger partial charge in [-0.25, -0.2) is 0 Å². The van der Waals surface area contributed by atoms with Gasteiger partial charge >= 0.3 is 0 Å². The van der Waals surface area contributed by atoms with Crippen molar-refractivity contribution in [1.82, 2.24) is 10.2 Å². The van der Waals surface area contributed by atoms with Crippen LogP contribution in [0.4, 0.5) is 0 Å². The van der Waals surface area contributed by atoms with Gasteiger partial charge in [0.2, 0.25) is 5.91 Å². The Bertz CT molecular complexity index is 312. The normalized spacial score (nSPS) is 30.1. The largest absolute Gasteiger partial charge is 0.339 e. The molecule has 1 spiro atoms. The van der Waals surface area contributed by atoms with Gasteiger partial charge in [0.15, 0.2) is 0 Å². The molecule has 1 saturated carbocycles. The van der Waals surface area contributed by atoms with Crippen LogP contribution < -0.4 is 5.32 Å². The summed E-state index contributed by atoms with van der Waals surface area (Å²) in [7, 11) is 0. The molecule has 1 amide bonds. The fourth-order valence-corrected chi connectivity index (χ4v) is 5.81. The van der Waals surface area contributed by atoms with Crippen molar-refractivity contribution < 1.29 is 4.79 Å². The van der Waals surface area contributed by atoms with Crippen molar-refractivity contribution in [3.05, 3.63) is 0 Å². The summed E-state index contributed by atoms with van der Waals surface area (Å²) in [4.78, 5) is 14.6. The Balaban J connectivity index is 0.00000133. The molecule has 3 fully saturated rings. The average Bonchev–Trinajstić information content (AvgIpc) is 2.93. The lowest BCUT2D eigenvalue weighted by Gasteiger charge is -2.45. The molecule has 0 aromatic rings. The number of nitrogens with zero attached hydrogens (tertiary/aromatic N) is 1. The predicted octanol–water partition coefficient (Wildman–Crippen LogP) is 2.35. The van der Waals surface area contributed by atoms with E-state index >= 15 is 0 Å². The number of halogens is 1. The highest BCUT2D eigenvalue weighted by Gasteiger charge is 2.40. The molecule has 0 aromatic carbocycles. The lowest BCUT2D eigenvalue weighted by molar-refractivity contribution is -0.133. The van der Waals surface area contributed by atoms with E-state index in [1.165, 1.54) is 32.1 Å². The SMILES string of the molecule is Cl.O=C(C1CSCN1)N1CCSC2(CCCCC2)C1. The molecule has 3 rings (SSSR count). The number of hydrogen-bond acceptors (Lipinski definition) is 4. The van der Waals surface area contributed by atoms with Crippen LogP contribution in [-0.4, -0.2) is 52.1 Å². The Labute approximate surface area is 130 Å². The van der Waals surface area contributed by atoms with E-state index in [4.69, 9.17) is 0 Å². The Morgan fingerprint density at radius 1 is 1.26 bits per heavy atom. The summed E-state index contributed by atoms with van der Waals surface area (Å²) in [6.07, 6.45) is 6.72. The second kappa shape index (κ2) is 6.92. The van der Waals surface area contributed by atoms with Gasteiger partial charge in [-0.3, -0.25) is 10.1 Å². The molecule has 0 radical (unpaired) electrons. The molecular formula is C13H23ClN2OS2. The van der Waals surface area contributed by atoms with Gasteiger partial charge < -0.3 is 4.90 Å². The highest BCUT2D eigenvalue weighted by molar-refractivity contribution is 8.00. The zero-order chi connectivity index (χ0) is 12.4. The van der Waals surface area contributed by atoms with Gasteiger partial charge in [0.05, 0.1) is 6.04 Å². The van der Waals surface area contributed by atoms with E-state index in [0.29, 0.717) is 10.7 Å². The number of rotatable bonds is 1. The van der Waals surface area contributed by atoms with E-state index in [2.05, 4.69) is 22.0 Å². The first-order valence-electron chi connectivity index (χ1n) is 7.03. The number of amides is 1. The van der Waals surface area contributed by atoms with E-state index in [-0.39, 0.29) is 18.4 Å². The average molecular weight is 323 g/mol. The van der Waals surface area contributed by atoms with Crippen LogP contribution in [0.3, 0.4) is 0 Å². The van der Waals surface area contributed by atoms with Crippen LogP contribution in [0.25, 0.3) is 0 Å². The van der Waals surface area contributed by atoms with Gasteiger partial charge in [-0.2, -0.15) is 11.8 Å². The Hall–Kier alpha value is 0.420. The molecule has 1 atom stereocenters. The minimum Gasteiger partial charge on any atom is -0.339 e. The predicted molar refractivity (Wildman–Crippen MR) is 86.4 cm³/mol. The first-order chi connectivity index (χ1) is 8.79. The quantitative estimate of drug-likeness (QED) is 0.803. The third-order valence-electron chi connectivity index (χ3n) is 4.34. The molecule has 1 N–H and O–H groups in total. The third kappa shape index (κ3) is 3.55. The third-order valence-corrected chi connectivity index (χ3v) is 6.82. The van der Waals surface area contributed by atoms with Crippen molar-refractivity contribution in [1.29, 1.82) is 0 Å². The molecule has 0 aromatic heterocycles. The Morgan fingerprint density at radius 3 is 2.74 bits per heavy atom. The molecule has 2 heterocycles. The lowest BCUT2D eigenvalue weighted by Crippen LogP contribution is -2.54. The summed E-state index contributed by atoms with van der Waals surface area (Å²) < 4.78 is 0.401. The maximum atomic E-state index is 12.5. The maximum Gasteiger partial charge on any atom is 0.240 e. The van der Waals surface area contributed by atoms with Crippen LogP contribution in [-0.2, 0) is 4.79 Å². The van der Waals surface area contributed by atoms with Crippen molar-refractivity contribution in [3.63, 3.8) is 0 Å². The summed E-state index contributed by atoms with van der Waals surface area (Å²) in [5.41, 5.74) is 0. The maximum absolute atomic E-state index is 12.5. The topological polar surface area (TPSA) is 32.3 Å². The molecule has 0 bridgehead atoms. The van der Waals surface area contributed by atoms with Crippen LogP contribution in [0.5, 0.6) is 0 Å². The second-order valence-electron chi connectivity index (χ2n) is 5.62. The van der Waals surface area contributed by atoms with Gasteiger partial charge in [0.25, 0.3) is 0 Å². The number of nitrogens with one attached hydrogen (secondary N) is 1. The van der Waals surface area contributed by atoms with Crippen molar-refractivity contribution in [2.75, 3.05) is 30.5 Å². The lowest BCUT2D eigenvalue weighted by atomic mass is 9.87. The molecule has 3 aliphatic rings. The summed E-state index contributed by atoms with van der Waals surface area (Å²) in [6, 6.07) is 0.0822. The molecule has 2 saturated heterocycles. The van der Waals surface area contributed by atoms with E-state index in [9.17, 15) is 4.79 Å². The monoisotopic (exact) mass is 322 g/mol. The molecule has 2 aliphatic heterocycles. The molecule has 19 heavy (non-hydrogen) atoms. The van der Waals surface area contributed by atoms with E-state index in [0.717, 1.165) is 30.5 Å². The number of hydrogen-bond donors (Lipinski definition) is 1. The van der Waals surface area contributed by atoms with Gasteiger partial charge in [-0.15, -0.1) is 24.2 Å². The first-order valence-corrected chi connectivity index (χ1v) is 9.17. The van der Waals surface area contributed by atoms with Gasteiger partial charge in [0.1, 0.15) is 0 Å². The van der Waals surface area contributed by atoms with Crippen LogP contribution in [0.2, 0.25) is 0 Å². The van der Waals surface area contributed by atoms with Crippen molar-refractivity contribution in [2.45, 2.75) is 42.9 Å². The number of thioether (sulfide) groups is 2. The fraction of sp³-hybridized carbons (Fsp3) is 0.923. The second-order valence-corrected chi connectivity index (χ2v) is 8.22. The van der Waals surface area contributed by atoms with Crippen LogP contribution in [0, 0.1) is 0 Å². The van der Waals surface area contributed by atoms with Crippen molar-refractivity contribution >= 4 is 41.8 Å². The molecule has 1 aliphatic carbocycles. The van der Waals surface area contributed by atoms with E-state index < -0.39 is 0 Å². The molecule has 6 heteroatoms. The van der Waals surface area contributed by atoms with E-state index in [1.54, 1.807) is 0 Å². The number of carbonyl (C=O) groups excluding carboxylic acids is 1. The minimum atomic E-state index is 0. The zero-order valence-electron chi connectivity index (χ0n) is 11.2. The van der Waals surface area contributed by atoms with Crippen LogP contribution in [0.15, 0.2) is 0 Å². The van der Waals surface area contributed by atoms with Crippen molar-refractivity contribution in [2.24, 2.45) is 0 Å². The minimum absolute atomic E-state index is 0. The standard InChI is InChI=1S/C13H22N2OS2.ClH/c16-12(11-8-17-10-14-11)15-6-7-18-13(9-15)4-2-1-3-5-13;/h11,14H,1-10H2;1H. The van der Waals surface area contributed by atoms with Gasteiger partial charge in [-0.1, -0.05) is 19.3 Å². The van der Waals surface area contributed by atoms with Gasteiger partial charge in [-0.05, 0) is 12.8 Å². The molecular weight excluding hydrogens is 300 g/mol. The summed E-state index contributed by atoms with van der Waals surface area (Å²) in [6.45, 7) is 1.95. The summed E-state index contributed by atoms with van der Waals surface area (Å²) in [5.74, 6) is 3.37.